The van der Waals surface area contributed by atoms with Gasteiger partial charge in [0.05, 0.1) is 5.57 Å². The number of nitriles is 1. The zero-order chi connectivity index (χ0) is 22.7. The highest BCUT2D eigenvalue weighted by Crippen LogP contribution is 2.57. The number of carbonyl (C=O) groups is 2. The zero-order valence-corrected chi connectivity index (χ0v) is 18.8. The summed E-state index contributed by atoms with van der Waals surface area (Å²) < 4.78 is 0. The number of anilines is 1. The molecule has 1 atom stereocenters. The quantitative estimate of drug-likeness (QED) is 0.810. The average Bonchev–Trinajstić information content (AvgIpc) is 2.91. The Kier molecular flexibility index (Phi) is 4.74. The summed E-state index contributed by atoms with van der Waals surface area (Å²) in [7, 11) is 3.65. The standard InChI is InChI=1S/C24H29N5O2/c1-6-11-28-17-10-8-7-9-15(17)24(22(28)31)16(14-25)21(26)29(27(4)5)18-12-23(2,3)13-19(30)20(18)24/h7-10H,6,11-13,26H2,1-5H3/t24-/m0/s1. The molecular formula is C24H29N5O2. The average molecular weight is 420 g/mol. The minimum atomic E-state index is -1.49. The van der Waals surface area contributed by atoms with Crippen molar-refractivity contribution in [2.45, 2.75) is 45.4 Å². The summed E-state index contributed by atoms with van der Waals surface area (Å²) in [5, 5.41) is 13.8. The highest BCUT2D eigenvalue weighted by molar-refractivity contribution is 6.20. The molecule has 2 aliphatic heterocycles. The minimum absolute atomic E-state index is 0.0974. The van der Waals surface area contributed by atoms with Crippen LogP contribution in [0.3, 0.4) is 0 Å². The van der Waals surface area contributed by atoms with E-state index in [4.69, 9.17) is 5.73 Å². The Balaban J connectivity index is 2.14. The highest BCUT2D eigenvalue weighted by Gasteiger charge is 2.63. The number of benzene rings is 1. The Morgan fingerprint density at radius 2 is 1.87 bits per heavy atom. The molecule has 1 amide bonds. The van der Waals surface area contributed by atoms with Crippen LogP contribution < -0.4 is 10.6 Å². The number of rotatable bonds is 3. The lowest BCUT2D eigenvalue weighted by molar-refractivity contribution is -0.125. The van der Waals surface area contributed by atoms with Gasteiger partial charge in [0.25, 0.3) is 0 Å². The van der Waals surface area contributed by atoms with E-state index in [1.807, 2.05) is 59.1 Å². The number of carbonyl (C=O) groups excluding carboxylic acids is 2. The predicted molar refractivity (Wildman–Crippen MR) is 118 cm³/mol. The largest absolute Gasteiger partial charge is 0.383 e. The molecule has 4 rings (SSSR count). The molecule has 0 unspecified atom stereocenters. The lowest BCUT2D eigenvalue weighted by Gasteiger charge is -2.48. The number of amides is 1. The Hall–Kier alpha value is -3.11. The maximum atomic E-state index is 14.1. The van der Waals surface area contributed by atoms with Gasteiger partial charge < -0.3 is 10.6 Å². The predicted octanol–water partition coefficient (Wildman–Crippen LogP) is 2.81. The number of fused-ring (bicyclic) bond motifs is 3. The van der Waals surface area contributed by atoms with Crippen LogP contribution in [0.4, 0.5) is 5.69 Å². The summed E-state index contributed by atoms with van der Waals surface area (Å²) in [6.07, 6.45) is 1.65. The van der Waals surface area contributed by atoms with Gasteiger partial charge in [0.2, 0.25) is 5.91 Å². The summed E-state index contributed by atoms with van der Waals surface area (Å²) in [6, 6.07) is 9.71. The first-order valence-electron chi connectivity index (χ1n) is 10.7. The third-order valence-corrected chi connectivity index (χ3v) is 6.47. The lowest BCUT2D eigenvalue weighted by Crippen LogP contribution is -2.55. The summed E-state index contributed by atoms with van der Waals surface area (Å²) in [4.78, 5) is 29.6. The van der Waals surface area contributed by atoms with E-state index in [-0.39, 0.29) is 28.5 Å². The first kappa shape index (κ1) is 21.1. The zero-order valence-electron chi connectivity index (χ0n) is 18.8. The van der Waals surface area contributed by atoms with Crippen molar-refractivity contribution in [3.63, 3.8) is 0 Å². The van der Waals surface area contributed by atoms with Crippen molar-refractivity contribution in [1.29, 1.82) is 5.26 Å². The SMILES string of the molecule is CCCN1C(=O)[C@]2(C(C#N)=C(N)N(N(C)C)C3=C2C(=O)CC(C)(C)C3)c2ccccc21. The number of nitrogens with zero attached hydrogens (tertiary/aromatic N) is 4. The van der Waals surface area contributed by atoms with Crippen LogP contribution in [0.15, 0.2) is 46.9 Å². The van der Waals surface area contributed by atoms with Crippen molar-refractivity contribution >= 4 is 17.4 Å². The van der Waals surface area contributed by atoms with E-state index in [0.717, 1.165) is 12.1 Å². The van der Waals surface area contributed by atoms with Crippen LogP contribution in [0.5, 0.6) is 0 Å². The maximum Gasteiger partial charge on any atom is 0.247 e. The van der Waals surface area contributed by atoms with Gasteiger partial charge in [0.15, 0.2) is 5.78 Å². The van der Waals surface area contributed by atoms with Crippen molar-refractivity contribution in [3.05, 3.63) is 52.5 Å². The van der Waals surface area contributed by atoms with Gasteiger partial charge in [0, 0.05) is 49.6 Å². The van der Waals surface area contributed by atoms with Gasteiger partial charge in [-0.05, 0) is 24.3 Å². The monoisotopic (exact) mass is 419 g/mol. The third kappa shape index (κ3) is 2.68. The van der Waals surface area contributed by atoms with Crippen molar-refractivity contribution in [2.24, 2.45) is 11.1 Å². The molecule has 0 bridgehead atoms. The summed E-state index contributed by atoms with van der Waals surface area (Å²) in [5.74, 6) is -0.146. The van der Waals surface area contributed by atoms with Gasteiger partial charge in [-0.25, -0.2) is 5.01 Å². The number of nitrogens with two attached hydrogens (primary N) is 1. The molecule has 1 aromatic rings. The molecule has 162 valence electrons. The van der Waals surface area contributed by atoms with Crippen LogP contribution in [0.1, 0.15) is 45.6 Å². The molecule has 1 spiro atoms. The van der Waals surface area contributed by atoms with Crippen molar-refractivity contribution < 1.29 is 9.59 Å². The number of allylic oxidation sites excluding steroid dienone is 1. The fourth-order valence-electron chi connectivity index (χ4n) is 5.44. The van der Waals surface area contributed by atoms with E-state index < -0.39 is 5.41 Å². The van der Waals surface area contributed by atoms with E-state index in [2.05, 4.69) is 6.07 Å². The number of hydrazine groups is 1. The molecular weight excluding hydrogens is 390 g/mol. The molecule has 0 saturated carbocycles. The van der Waals surface area contributed by atoms with E-state index in [1.165, 1.54) is 0 Å². The van der Waals surface area contributed by atoms with E-state index in [1.54, 1.807) is 14.9 Å². The maximum absolute atomic E-state index is 14.1. The van der Waals surface area contributed by atoms with E-state index in [9.17, 15) is 14.9 Å². The second-order valence-corrected chi connectivity index (χ2v) is 9.52. The molecule has 0 aromatic heterocycles. The molecule has 31 heavy (non-hydrogen) atoms. The first-order valence-corrected chi connectivity index (χ1v) is 10.7. The third-order valence-electron chi connectivity index (χ3n) is 6.47. The Bertz CT molecular complexity index is 1090. The van der Waals surface area contributed by atoms with Crippen LogP contribution in [-0.2, 0) is 15.0 Å². The van der Waals surface area contributed by atoms with Crippen molar-refractivity contribution in [2.75, 3.05) is 25.5 Å². The molecule has 0 saturated heterocycles. The topological polar surface area (TPSA) is 93.7 Å². The number of Topliss-reactive ketones (excluding diaryl/α,β-unsaturated/α-hetero) is 1. The Morgan fingerprint density at radius 1 is 1.19 bits per heavy atom. The van der Waals surface area contributed by atoms with Crippen LogP contribution in [0, 0.1) is 16.7 Å². The fraction of sp³-hybridized carbons (Fsp3) is 0.458. The fourth-order valence-corrected chi connectivity index (χ4v) is 5.44. The molecule has 7 heteroatoms. The van der Waals surface area contributed by atoms with Crippen LogP contribution in [-0.4, -0.2) is 42.3 Å². The van der Waals surface area contributed by atoms with E-state index >= 15 is 0 Å². The minimum Gasteiger partial charge on any atom is -0.383 e. The summed E-state index contributed by atoms with van der Waals surface area (Å²) in [6.45, 7) is 6.60. The summed E-state index contributed by atoms with van der Waals surface area (Å²) >= 11 is 0. The Morgan fingerprint density at radius 3 is 2.48 bits per heavy atom. The molecule has 3 aliphatic rings. The molecule has 1 aliphatic carbocycles. The smallest absolute Gasteiger partial charge is 0.247 e. The lowest BCUT2D eigenvalue weighted by atomic mass is 9.61. The second-order valence-electron chi connectivity index (χ2n) is 9.52. The molecule has 2 N–H and O–H groups in total. The second kappa shape index (κ2) is 6.96. The highest BCUT2D eigenvalue weighted by atomic mass is 16.2. The van der Waals surface area contributed by atoms with Gasteiger partial charge in [-0.15, -0.1) is 0 Å². The number of ketones is 1. The molecule has 0 fully saturated rings. The first-order chi connectivity index (χ1) is 14.6. The van der Waals surface area contributed by atoms with Crippen molar-refractivity contribution in [1.82, 2.24) is 10.0 Å². The van der Waals surface area contributed by atoms with Crippen LogP contribution in [0.2, 0.25) is 0 Å². The van der Waals surface area contributed by atoms with E-state index in [0.29, 0.717) is 36.2 Å². The molecule has 2 heterocycles. The van der Waals surface area contributed by atoms with Crippen molar-refractivity contribution in [3.8, 4) is 6.07 Å². The summed E-state index contributed by atoms with van der Waals surface area (Å²) in [5.41, 5.74) is 7.50. The van der Waals surface area contributed by atoms with Gasteiger partial charge in [-0.2, -0.15) is 5.26 Å². The molecule has 1 aromatic carbocycles. The molecule has 0 radical (unpaired) electrons. The number of hydrogen-bond acceptors (Lipinski definition) is 6. The molecule has 7 nitrogen and oxygen atoms in total. The van der Waals surface area contributed by atoms with Crippen LogP contribution in [0.25, 0.3) is 0 Å². The van der Waals surface area contributed by atoms with Crippen LogP contribution >= 0.6 is 0 Å². The van der Waals surface area contributed by atoms with Gasteiger partial charge >= 0.3 is 0 Å². The van der Waals surface area contributed by atoms with Gasteiger partial charge in [0.1, 0.15) is 17.3 Å². The number of hydrogen-bond donors (Lipinski definition) is 1. The van der Waals surface area contributed by atoms with Gasteiger partial charge in [-0.1, -0.05) is 39.0 Å². The normalized spacial score (nSPS) is 24.8. The van der Waals surface area contributed by atoms with Gasteiger partial charge in [-0.3, -0.25) is 14.6 Å². The number of para-hydroxylation sites is 1. The Labute approximate surface area is 183 Å².